The zero-order valence-electron chi connectivity index (χ0n) is 8.40. The average Bonchev–Trinajstić information content (AvgIpc) is 2.23. The van der Waals surface area contributed by atoms with Crippen molar-refractivity contribution in [3.8, 4) is 0 Å². The Balaban J connectivity index is 2.49. The molecule has 0 fully saturated rings. The Labute approximate surface area is 103 Å². The van der Waals surface area contributed by atoms with Crippen LogP contribution in [-0.2, 0) is 11.3 Å². The highest BCUT2D eigenvalue weighted by Crippen LogP contribution is 2.24. The Morgan fingerprint density at radius 2 is 1.94 bits per heavy atom. The number of hydrogen-bond donors (Lipinski definition) is 0. The first-order chi connectivity index (χ1) is 7.83. The fourth-order valence-corrected chi connectivity index (χ4v) is 1.42. The van der Waals surface area contributed by atoms with Crippen LogP contribution in [0.25, 0.3) is 0 Å². The zero-order valence-corrected chi connectivity index (χ0v) is 9.99. The van der Waals surface area contributed by atoms with Gasteiger partial charge in [-0.3, -0.25) is 0 Å². The minimum atomic E-state index is -4.17. The number of ether oxygens (including phenoxy) is 1. The molecule has 1 aromatic rings. The molecule has 1 rings (SSSR count). The summed E-state index contributed by atoms with van der Waals surface area (Å²) in [4.78, 5) is 0. The Kier molecular flexibility index (Phi) is 4.88. The quantitative estimate of drug-likeness (QED) is 0.745. The smallest absolute Gasteiger partial charge is 0.330 e. The fourth-order valence-electron chi connectivity index (χ4n) is 0.997. The molecule has 0 bridgehead atoms. The zero-order chi connectivity index (χ0) is 13.1. The van der Waals surface area contributed by atoms with Gasteiger partial charge in [-0.15, -0.1) is 0 Å². The molecule has 0 saturated carbocycles. The molecule has 0 aliphatic heterocycles. The van der Waals surface area contributed by atoms with Crippen LogP contribution >= 0.6 is 15.9 Å². The monoisotopic (exact) mass is 318 g/mol. The Morgan fingerprint density at radius 1 is 1.29 bits per heavy atom. The molecule has 17 heavy (non-hydrogen) atoms. The normalized spacial score (nSPS) is 12.2. The number of benzene rings is 1. The first-order valence-corrected chi connectivity index (χ1v) is 5.30. The van der Waals surface area contributed by atoms with Crippen molar-refractivity contribution in [3.63, 3.8) is 0 Å². The molecule has 0 unspecified atom stereocenters. The molecule has 0 N–H and O–H groups in total. The van der Waals surface area contributed by atoms with Crippen LogP contribution in [0.5, 0.6) is 0 Å². The largest absolute Gasteiger partial charge is 0.370 e. The second-order valence-corrected chi connectivity index (χ2v) is 4.16. The molecule has 0 aromatic heterocycles. The van der Waals surface area contributed by atoms with Crippen LogP contribution in [0, 0.1) is 5.82 Å². The third-order valence-corrected chi connectivity index (χ3v) is 2.47. The second-order valence-electron chi connectivity index (χ2n) is 3.30. The van der Waals surface area contributed by atoms with Crippen molar-refractivity contribution in [3.05, 3.63) is 34.1 Å². The van der Waals surface area contributed by atoms with E-state index in [1.807, 2.05) is 0 Å². The van der Waals surface area contributed by atoms with Gasteiger partial charge in [-0.25, -0.2) is 13.2 Å². The molecule has 1 aromatic carbocycles. The minimum absolute atomic E-state index is 0.152. The van der Waals surface area contributed by atoms with Crippen molar-refractivity contribution in [1.29, 1.82) is 0 Å². The summed E-state index contributed by atoms with van der Waals surface area (Å²) >= 11 is 2.90. The lowest BCUT2D eigenvalue weighted by Gasteiger charge is -2.15. The van der Waals surface area contributed by atoms with Gasteiger partial charge in [-0.1, -0.05) is 6.07 Å². The van der Waals surface area contributed by atoms with Crippen LogP contribution in [0.2, 0.25) is 0 Å². The molecule has 0 atom stereocenters. The maximum absolute atomic E-state index is 12.8. The highest BCUT2D eigenvalue weighted by atomic mass is 79.9. The van der Waals surface area contributed by atoms with E-state index in [9.17, 15) is 22.0 Å². The van der Waals surface area contributed by atoms with Crippen molar-refractivity contribution in [2.45, 2.75) is 19.0 Å². The van der Waals surface area contributed by atoms with Gasteiger partial charge in [0.05, 0.1) is 11.1 Å². The first kappa shape index (κ1) is 14.4. The maximum Gasteiger partial charge on any atom is 0.330 e. The van der Waals surface area contributed by atoms with Gasteiger partial charge < -0.3 is 4.74 Å². The van der Waals surface area contributed by atoms with Crippen molar-refractivity contribution in [2.75, 3.05) is 6.61 Å². The van der Waals surface area contributed by atoms with Crippen LogP contribution in [0.1, 0.15) is 5.56 Å². The summed E-state index contributed by atoms with van der Waals surface area (Å²) in [6, 6.07) is 3.77. The van der Waals surface area contributed by atoms with Crippen LogP contribution in [-0.4, -0.2) is 19.0 Å². The second kappa shape index (κ2) is 5.77. The summed E-state index contributed by atoms with van der Waals surface area (Å²) < 4.78 is 65.9. The SMILES string of the molecule is Fc1ccc(COCC(F)(F)C(F)F)cc1Br. The van der Waals surface area contributed by atoms with Gasteiger partial charge in [0, 0.05) is 0 Å². The standard InChI is InChI=1S/C10H8BrF5O/c11-7-3-6(1-2-8(7)12)4-17-5-10(15,16)9(13)14/h1-3,9H,4-5H2. The molecule has 0 heterocycles. The van der Waals surface area contributed by atoms with Crippen LogP contribution < -0.4 is 0 Å². The van der Waals surface area contributed by atoms with Crippen molar-refractivity contribution >= 4 is 15.9 Å². The van der Waals surface area contributed by atoms with Crippen LogP contribution in [0.15, 0.2) is 22.7 Å². The highest BCUT2D eigenvalue weighted by Gasteiger charge is 2.40. The molecule has 0 saturated heterocycles. The number of rotatable bonds is 5. The van der Waals surface area contributed by atoms with Crippen LogP contribution in [0.3, 0.4) is 0 Å². The Morgan fingerprint density at radius 3 is 2.47 bits per heavy atom. The van der Waals surface area contributed by atoms with Gasteiger partial charge >= 0.3 is 12.3 Å². The Bertz CT molecular complexity index is 383. The third kappa shape index (κ3) is 4.23. The van der Waals surface area contributed by atoms with E-state index in [-0.39, 0.29) is 11.1 Å². The highest BCUT2D eigenvalue weighted by molar-refractivity contribution is 9.10. The number of halogens is 6. The predicted molar refractivity (Wildman–Crippen MR) is 54.7 cm³/mol. The molecule has 96 valence electrons. The minimum Gasteiger partial charge on any atom is -0.370 e. The molecule has 0 radical (unpaired) electrons. The van der Waals surface area contributed by atoms with E-state index in [2.05, 4.69) is 20.7 Å². The summed E-state index contributed by atoms with van der Waals surface area (Å²) in [5, 5.41) is 0. The summed E-state index contributed by atoms with van der Waals surface area (Å²) in [7, 11) is 0. The summed E-state index contributed by atoms with van der Waals surface area (Å²) in [6.07, 6.45) is -3.76. The van der Waals surface area contributed by atoms with E-state index in [0.717, 1.165) is 6.07 Å². The Hall–Kier alpha value is -0.690. The van der Waals surface area contributed by atoms with Crippen LogP contribution in [0.4, 0.5) is 22.0 Å². The lowest BCUT2D eigenvalue weighted by atomic mass is 10.2. The van der Waals surface area contributed by atoms with Gasteiger partial charge in [-0.05, 0) is 33.6 Å². The number of alkyl halides is 4. The van der Waals surface area contributed by atoms with Gasteiger partial charge in [0.15, 0.2) is 0 Å². The lowest BCUT2D eigenvalue weighted by Crippen LogP contribution is -2.32. The average molecular weight is 319 g/mol. The third-order valence-electron chi connectivity index (χ3n) is 1.87. The van der Waals surface area contributed by atoms with E-state index in [0.29, 0.717) is 5.56 Å². The van der Waals surface area contributed by atoms with Gasteiger partial charge in [0.1, 0.15) is 12.4 Å². The molecule has 0 aliphatic carbocycles. The van der Waals surface area contributed by atoms with Gasteiger partial charge in [0.2, 0.25) is 0 Å². The summed E-state index contributed by atoms with van der Waals surface area (Å²) in [5.74, 6) is -4.68. The molecule has 0 spiro atoms. The van der Waals surface area contributed by atoms with Crippen molar-refractivity contribution in [2.24, 2.45) is 0 Å². The molecule has 1 nitrogen and oxygen atoms in total. The van der Waals surface area contributed by atoms with E-state index >= 15 is 0 Å². The predicted octanol–water partition coefficient (Wildman–Crippen LogP) is 4.01. The van der Waals surface area contributed by atoms with E-state index in [4.69, 9.17) is 0 Å². The molecular weight excluding hydrogens is 311 g/mol. The van der Waals surface area contributed by atoms with E-state index < -0.39 is 24.8 Å². The summed E-state index contributed by atoms with van der Waals surface area (Å²) in [6.45, 7) is -1.67. The summed E-state index contributed by atoms with van der Waals surface area (Å²) in [5.41, 5.74) is 0.406. The van der Waals surface area contributed by atoms with E-state index in [1.54, 1.807) is 0 Å². The van der Waals surface area contributed by atoms with Gasteiger partial charge in [0.25, 0.3) is 0 Å². The maximum atomic E-state index is 12.8. The van der Waals surface area contributed by atoms with Gasteiger partial charge in [-0.2, -0.15) is 8.78 Å². The molecular formula is C10H8BrF5O. The van der Waals surface area contributed by atoms with Crippen molar-refractivity contribution in [1.82, 2.24) is 0 Å². The first-order valence-electron chi connectivity index (χ1n) is 4.50. The number of hydrogen-bond acceptors (Lipinski definition) is 1. The molecule has 0 aliphatic rings. The fraction of sp³-hybridized carbons (Fsp3) is 0.400. The molecule has 0 amide bonds. The van der Waals surface area contributed by atoms with Crippen molar-refractivity contribution < 1.29 is 26.7 Å². The van der Waals surface area contributed by atoms with E-state index in [1.165, 1.54) is 12.1 Å². The lowest BCUT2D eigenvalue weighted by molar-refractivity contribution is -0.168. The molecule has 7 heteroatoms. The topological polar surface area (TPSA) is 9.23 Å².